The molecule has 5 heteroatoms. The van der Waals surface area contributed by atoms with E-state index in [1.807, 2.05) is 36.4 Å². The Labute approximate surface area is 157 Å². The smallest absolute Gasteiger partial charge is 0.119 e. The number of aliphatic hydroxyl groups excluding tert-OH is 1. The highest BCUT2D eigenvalue weighted by Gasteiger charge is 2.14. The van der Waals surface area contributed by atoms with Crippen molar-refractivity contribution >= 4 is 22.4 Å². The quantitative estimate of drug-likeness (QED) is 0.777. The average Bonchev–Trinajstić information content (AvgIpc) is 2.54. The van der Waals surface area contributed by atoms with E-state index in [1.54, 1.807) is 12.1 Å². The van der Waals surface area contributed by atoms with Crippen molar-refractivity contribution in [1.29, 1.82) is 0 Å². The van der Waals surface area contributed by atoms with Gasteiger partial charge in [-0.15, -0.1) is 0 Å². The fourth-order valence-electron chi connectivity index (χ4n) is 2.33. The van der Waals surface area contributed by atoms with Crippen LogP contribution in [0, 0.1) is 0 Å². The van der Waals surface area contributed by atoms with Crippen molar-refractivity contribution in [2.75, 3.05) is 12.4 Å². The van der Waals surface area contributed by atoms with E-state index >= 15 is 0 Å². The molecule has 25 heavy (non-hydrogen) atoms. The molecule has 3 nitrogen and oxygen atoms in total. The van der Waals surface area contributed by atoms with Gasteiger partial charge in [0.05, 0.1) is 11.9 Å². The van der Waals surface area contributed by atoms with Gasteiger partial charge in [-0.2, -0.15) is 0 Å². The van der Waals surface area contributed by atoms with E-state index in [4.69, 9.17) is 16.3 Å². The van der Waals surface area contributed by atoms with E-state index in [9.17, 15) is 9.32 Å². The molecule has 0 amide bonds. The topological polar surface area (TPSA) is 46.5 Å². The van der Waals surface area contributed by atoms with Gasteiger partial charge in [-0.25, -0.2) is 0 Å². The Bertz CT molecular complexity index is 690. The first-order chi connectivity index (χ1) is 11.7. The van der Waals surface area contributed by atoms with Gasteiger partial charge in [0.25, 0.3) is 0 Å². The maximum absolute atomic E-state index is 12.1. The standard InChI is InChI=1S/C20H25ClO3S/c1-20(2,3)16-6-10-19(11-7-16)24-12-18(22)14-25(23)13-15-4-8-17(21)9-5-15/h4-11,18,22H,12-14H2,1-3H3/t18-,25+/m0/s1. The zero-order valence-corrected chi connectivity index (χ0v) is 16.4. The number of halogens is 1. The first-order valence-corrected chi connectivity index (χ1v) is 10.1. The second-order valence-corrected chi connectivity index (χ2v) is 9.05. The van der Waals surface area contributed by atoms with E-state index in [0.717, 1.165) is 5.56 Å². The summed E-state index contributed by atoms with van der Waals surface area (Å²) in [4.78, 5) is 0. The van der Waals surface area contributed by atoms with E-state index in [-0.39, 0.29) is 17.8 Å². The van der Waals surface area contributed by atoms with Crippen LogP contribution in [0.2, 0.25) is 5.02 Å². The van der Waals surface area contributed by atoms with Crippen LogP contribution in [-0.2, 0) is 22.0 Å². The van der Waals surface area contributed by atoms with Crippen LogP contribution in [0.4, 0.5) is 0 Å². The minimum atomic E-state index is -1.15. The van der Waals surface area contributed by atoms with Gasteiger partial charge in [0.1, 0.15) is 12.4 Å². The van der Waals surface area contributed by atoms with Gasteiger partial charge >= 0.3 is 0 Å². The highest BCUT2D eigenvalue weighted by Crippen LogP contribution is 2.24. The monoisotopic (exact) mass is 380 g/mol. The summed E-state index contributed by atoms with van der Waals surface area (Å²) in [6, 6.07) is 15.1. The van der Waals surface area contributed by atoms with E-state index in [1.165, 1.54) is 5.56 Å². The summed E-state index contributed by atoms with van der Waals surface area (Å²) in [6.07, 6.45) is -0.768. The van der Waals surface area contributed by atoms with Crippen molar-refractivity contribution in [3.63, 3.8) is 0 Å². The lowest BCUT2D eigenvalue weighted by Gasteiger charge is -2.19. The average molecular weight is 381 g/mol. The van der Waals surface area contributed by atoms with Crippen LogP contribution >= 0.6 is 11.6 Å². The first-order valence-electron chi connectivity index (χ1n) is 8.25. The number of ether oxygens (including phenoxy) is 1. The fourth-order valence-corrected chi connectivity index (χ4v) is 3.67. The molecule has 0 saturated carbocycles. The van der Waals surface area contributed by atoms with Crippen LogP contribution in [0.3, 0.4) is 0 Å². The van der Waals surface area contributed by atoms with Gasteiger partial charge in [0, 0.05) is 21.6 Å². The molecule has 1 N–H and O–H groups in total. The molecule has 0 radical (unpaired) electrons. The molecule has 2 atom stereocenters. The van der Waals surface area contributed by atoms with Gasteiger partial charge in [0.15, 0.2) is 0 Å². The van der Waals surface area contributed by atoms with Gasteiger partial charge in [-0.1, -0.05) is 56.6 Å². The van der Waals surface area contributed by atoms with Crippen molar-refractivity contribution < 1.29 is 14.1 Å². The molecule has 2 rings (SSSR count). The van der Waals surface area contributed by atoms with Crippen LogP contribution in [0.1, 0.15) is 31.9 Å². The molecule has 0 spiro atoms. The lowest BCUT2D eigenvalue weighted by atomic mass is 9.87. The SMILES string of the molecule is CC(C)(C)c1ccc(OC[C@H](O)C[S@](=O)Cc2ccc(Cl)cc2)cc1. The van der Waals surface area contributed by atoms with Crippen LogP contribution in [0.25, 0.3) is 0 Å². The van der Waals surface area contributed by atoms with Crippen molar-refractivity contribution in [1.82, 2.24) is 0 Å². The number of rotatable bonds is 7. The third kappa shape index (κ3) is 6.81. The summed E-state index contributed by atoms with van der Waals surface area (Å²) in [5.41, 5.74) is 2.26. The summed E-state index contributed by atoms with van der Waals surface area (Å²) in [5.74, 6) is 1.28. The van der Waals surface area contributed by atoms with Gasteiger partial charge in [-0.3, -0.25) is 4.21 Å². The zero-order valence-electron chi connectivity index (χ0n) is 14.9. The summed E-state index contributed by atoms with van der Waals surface area (Å²) in [7, 11) is -1.15. The minimum Gasteiger partial charge on any atom is -0.491 e. The molecular weight excluding hydrogens is 356 g/mol. The molecule has 0 fully saturated rings. The largest absolute Gasteiger partial charge is 0.491 e. The van der Waals surface area contributed by atoms with Crippen LogP contribution < -0.4 is 4.74 Å². The number of aliphatic hydroxyl groups is 1. The van der Waals surface area contributed by atoms with Crippen molar-refractivity contribution in [3.05, 3.63) is 64.7 Å². The molecule has 0 aliphatic rings. The molecule has 136 valence electrons. The molecule has 2 aromatic rings. The molecule has 0 unspecified atom stereocenters. The summed E-state index contributed by atoms with van der Waals surface area (Å²) in [5, 5.41) is 10.7. The number of hydrogen-bond acceptors (Lipinski definition) is 3. The van der Waals surface area contributed by atoms with Crippen molar-refractivity contribution in [3.8, 4) is 5.75 Å². The fraction of sp³-hybridized carbons (Fsp3) is 0.400. The third-order valence-corrected chi connectivity index (χ3v) is 5.45. The van der Waals surface area contributed by atoms with Gasteiger partial charge in [-0.05, 0) is 40.8 Å². The van der Waals surface area contributed by atoms with E-state index in [2.05, 4.69) is 20.8 Å². The lowest BCUT2D eigenvalue weighted by molar-refractivity contribution is 0.125. The maximum Gasteiger partial charge on any atom is 0.119 e. The lowest BCUT2D eigenvalue weighted by Crippen LogP contribution is -2.25. The van der Waals surface area contributed by atoms with Crippen LogP contribution in [0.15, 0.2) is 48.5 Å². The molecule has 0 saturated heterocycles. The summed E-state index contributed by atoms with van der Waals surface area (Å²) in [6.45, 7) is 6.59. The number of hydrogen-bond donors (Lipinski definition) is 1. The molecule has 0 aromatic heterocycles. The van der Waals surface area contributed by atoms with Crippen molar-refractivity contribution in [2.45, 2.75) is 38.0 Å². The summed E-state index contributed by atoms with van der Waals surface area (Å²) >= 11 is 5.83. The Morgan fingerprint density at radius 1 is 1.08 bits per heavy atom. The molecular formula is C20H25ClO3S. The zero-order chi connectivity index (χ0) is 18.4. The van der Waals surface area contributed by atoms with E-state index in [0.29, 0.717) is 16.5 Å². The highest BCUT2D eigenvalue weighted by atomic mass is 35.5. The van der Waals surface area contributed by atoms with Gasteiger partial charge < -0.3 is 9.84 Å². The molecule has 0 bridgehead atoms. The highest BCUT2D eigenvalue weighted by molar-refractivity contribution is 7.84. The predicted octanol–water partition coefficient (Wildman–Crippen LogP) is 4.33. The second-order valence-electron chi connectivity index (χ2n) is 7.12. The molecule has 0 heterocycles. The Morgan fingerprint density at radius 2 is 1.68 bits per heavy atom. The Balaban J connectivity index is 1.79. The Kier molecular flexibility index (Phi) is 7.05. The minimum absolute atomic E-state index is 0.0939. The second kappa shape index (κ2) is 8.84. The normalized spacial score (nSPS) is 14.1. The third-order valence-electron chi connectivity index (χ3n) is 3.78. The summed E-state index contributed by atoms with van der Waals surface area (Å²) < 4.78 is 17.7. The molecule has 0 aliphatic carbocycles. The molecule has 0 aliphatic heterocycles. The van der Waals surface area contributed by atoms with Crippen LogP contribution in [0.5, 0.6) is 5.75 Å². The van der Waals surface area contributed by atoms with Crippen LogP contribution in [-0.4, -0.2) is 27.8 Å². The predicted molar refractivity (Wildman–Crippen MR) is 105 cm³/mol. The molecule has 2 aromatic carbocycles. The number of benzene rings is 2. The Hall–Kier alpha value is -1.36. The first kappa shape index (κ1) is 20.0. The van der Waals surface area contributed by atoms with Gasteiger partial charge in [0.2, 0.25) is 0 Å². The van der Waals surface area contributed by atoms with E-state index < -0.39 is 16.9 Å². The Morgan fingerprint density at radius 3 is 2.24 bits per heavy atom. The van der Waals surface area contributed by atoms with Crippen molar-refractivity contribution in [2.24, 2.45) is 0 Å². The maximum atomic E-state index is 12.1.